The van der Waals surface area contributed by atoms with E-state index in [1.807, 2.05) is 30.3 Å². The highest BCUT2D eigenvalue weighted by molar-refractivity contribution is 6.03. The van der Waals surface area contributed by atoms with Crippen LogP contribution in [0, 0.1) is 0 Å². The van der Waals surface area contributed by atoms with Gasteiger partial charge in [-0.1, -0.05) is 42.5 Å². The molecule has 2 rings (SSSR count). The van der Waals surface area contributed by atoms with E-state index in [0.717, 1.165) is 5.56 Å². The lowest BCUT2D eigenvalue weighted by Crippen LogP contribution is -2.16. The van der Waals surface area contributed by atoms with Crippen molar-refractivity contribution in [2.75, 3.05) is 5.32 Å². The Morgan fingerprint density at radius 2 is 1.60 bits per heavy atom. The molecular weight excluding hydrogens is 322 g/mol. The van der Waals surface area contributed by atoms with E-state index in [2.05, 4.69) is 5.32 Å². The summed E-state index contributed by atoms with van der Waals surface area (Å²) in [6.07, 6.45) is -0.375. The lowest BCUT2D eigenvalue weighted by Gasteiger charge is -2.11. The van der Waals surface area contributed by atoms with Gasteiger partial charge >= 0.3 is 12.1 Å². The van der Waals surface area contributed by atoms with E-state index >= 15 is 0 Å². The average molecular weight is 341 g/mol. The molecule has 0 aromatic heterocycles. The van der Waals surface area contributed by atoms with E-state index in [9.17, 15) is 14.4 Å². The molecule has 2 N–H and O–H groups in total. The van der Waals surface area contributed by atoms with Gasteiger partial charge in [0.1, 0.15) is 6.61 Å². The van der Waals surface area contributed by atoms with Crippen LogP contribution in [-0.4, -0.2) is 23.0 Å². The van der Waals surface area contributed by atoms with Crippen molar-refractivity contribution in [1.82, 2.24) is 0 Å². The topological polar surface area (TPSA) is 92.7 Å². The predicted molar refractivity (Wildman–Crippen MR) is 92.5 cm³/mol. The first kappa shape index (κ1) is 18.2. The fraction of sp³-hybridized carbons (Fsp3) is 0.211. The summed E-state index contributed by atoms with van der Waals surface area (Å²) >= 11 is 0. The van der Waals surface area contributed by atoms with Crippen molar-refractivity contribution < 1.29 is 24.2 Å². The van der Waals surface area contributed by atoms with Crippen LogP contribution in [0.15, 0.2) is 54.6 Å². The van der Waals surface area contributed by atoms with E-state index in [1.165, 1.54) is 0 Å². The van der Waals surface area contributed by atoms with Crippen LogP contribution in [0.25, 0.3) is 0 Å². The van der Waals surface area contributed by atoms with Crippen molar-refractivity contribution >= 4 is 23.5 Å². The van der Waals surface area contributed by atoms with Gasteiger partial charge in [-0.3, -0.25) is 14.9 Å². The molecule has 6 heteroatoms. The lowest BCUT2D eigenvalue weighted by molar-refractivity contribution is -0.137. The van der Waals surface area contributed by atoms with E-state index < -0.39 is 12.1 Å². The maximum absolute atomic E-state index is 12.2. The van der Waals surface area contributed by atoms with Crippen LogP contribution in [0.3, 0.4) is 0 Å². The van der Waals surface area contributed by atoms with Gasteiger partial charge < -0.3 is 9.84 Å². The van der Waals surface area contributed by atoms with E-state index in [1.54, 1.807) is 24.3 Å². The number of hydrogen-bond donors (Lipinski definition) is 2. The zero-order chi connectivity index (χ0) is 18.1. The number of Topliss-reactive ketones (excluding diaryl/α,β-unsaturated/α-hetero) is 1. The molecule has 0 aliphatic heterocycles. The number of benzene rings is 2. The Morgan fingerprint density at radius 1 is 0.920 bits per heavy atom. The molecule has 0 spiro atoms. The standard InChI is InChI=1S/C19H19NO5/c21-17(11-6-12-18(22)23)15-9-4-5-10-16(15)20-19(24)25-13-14-7-2-1-3-8-14/h1-5,7-10H,6,11-13H2,(H,20,24)(H,22,23). The maximum atomic E-state index is 12.2. The Morgan fingerprint density at radius 3 is 2.32 bits per heavy atom. The normalized spacial score (nSPS) is 10.1. The third kappa shape index (κ3) is 6.10. The summed E-state index contributed by atoms with van der Waals surface area (Å²) in [5.41, 5.74) is 1.54. The minimum Gasteiger partial charge on any atom is -0.481 e. The van der Waals surface area contributed by atoms with E-state index in [4.69, 9.17) is 9.84 Å². The lowest BCUT2D eigenvalue weighted by atomic mass is 10.0. The zero-order valence-electron chi connectivity index (χ0n) is 13.6. The monoisotopic (exact) mass is 341 g/mol. The highest BCUT2D eigenvalue weighted by Crippen LogP contribution is 2.18. The van der Waals surface area contributed by atoms with Crippen molar-refractivity contribution in [3.8, 4) is 0 Å². The first-order valence-corrected chi connectivity index (χ1v) is 7.88. The highest BCUT2D eigenvalue weighted by atomic mass is 16.5. The molecule has 2 aromatic rings. The summed E-state index contributed by atoms with van der Waals surface area (Å²) in [5.74, 6) is -1.16. The molecule has 130 valence electrons. The summed E-state index contributed by atoms with van der Waals surface area (Å²) in [5, 5.41) is 11.2. The molecule has 0 unspecified atom stereocenters. The molecule has 25 heavy (non-hydrogen) atoms. The SMILES string of the molecule is O=C(O)CCCC(=O)c1ccccc1NC(=O)OCc1ccccc1. The molecule has 0 saturated carbocycles. The summed E-state index contributed by atoms with van der Waals surface area (Å²) in [4.78, 5) is 34.7. The minimum absolute atomic E-state index is 0.0690. The van der Waals surface area contributed by atoms with Crippen molar-refractivity contribution in [2.45, 2.75) is 25.9 Å². The number of anilines is 1. The van der Waals surface area contributed by atoms with Crippen LogP contribution in [0.1, 0.15) is 35.2 Å². The number of carbonyl (C=O) groups excluding carboxylic acids is 2. The number of ether oxygens (including phenoxy) is 1. The Hall–Kier alpha value is -3.15. The van der Waals surface area contributed by atoms with E-state index in [0.29, 0.717) is 11.3 Å². The average Bonchev–Trinajstić information content (AvgIpc) is 2.61. The van der Waals surface area contributed by atoms with Crippen molar-refractivity contribution in [3.63, 3.8) is 0 Å². The van der Waals surface area contributed by atoms with Gasteiger partial charge in [0, 0.05) is 18.4 Å². The minimum atomic E-state index is -0.941. The second-order valence-electron chi connectivity index (χ2n) is 5.40. The van der Waals surface area contributed by atoms with Crippen LogP contribution < -0.4 is 5.32 Å². The second kappa shape index (κ2) is 9.22. The molecule has 0 fully saturated rings. The first-order chi connectivity index (χ1) is 12.1. The summed E-state index contributed by atoms with van der Waals surface area (Å²) in [7, 11) is 0. The molecule has 0 atom stereocenters. The molecule has 0 heterocycles. The van der Waals surface area contributed by atoms with Gasteiger partial charge in [-0.05, 0) is 24.1 Å². The highest BCUT2D eigenvalue weighted by Gasteiger charge is 2.14. The van der Waals surface area contributed by atoms with Crippen LogP contribution in [-0.2, 0) is 16.1 Å². The van der Waals surface area contributed by atoms with Crippen LogP contribution in [0.2, 0.25) is 0 Å². The van der Waals surface area contributed by atoms with E-state index in [-0.39, 0.29) is 31.7 Å². The number of aliphatic carboxylic acids is 1. The van der Waals surface area contributed by atoms with Crippen LogP contribution in [0.5, 0.6) is 0 Å². The molecule has 1 amide bonds. The number of carbonyl (C=O) groups is 3. The third-order valence-corrected chi connectivity index (χ3v) is 3.47. The summed E-state index contributed by atoms with van der Waals surface area (Å²) < 4.78 is 5.14. The molecule has 0 aliphatic rings. The number of hydrogen-bond acceptors (Lipinski definition) is 4. The molecule has 0 saturated heterocycles. The largest absolute Gasteiger partial charge is 0.481 e. The number of carboxylic acid groups (broad SMARTS) is 1. The van der Waals surface area contributed by atoms with Gasteiger partial charge in [-0.2, -0.15) is 0 Å². The Bertz CT molecular complexity index is 742. The number of para-hydroxylation sites is 1. The molecular formula is C19H19NO5. The van der Waals surface area contributed by atoms with Crippen molar-refractivity contribution in [1.29, 1.82) is 0 Å². The maximum Gasteiger partial charge on any atom is 0.411 e. The molecule has 0 bridgehead atoms. The van der Waals surface area contributed by atoms with Gasteiger partial charge in [-0.25, -0.2) is 4.79 Å². The molecule has 2 aromatic carbocycles. The number of amides is 1. The number of rotatable bonds is 8. The zero-order valence-corrected chi connectivity index (χ0v) is 13.6. The Balaban J connectivity index is 1.93. The second-order valence-corrected chi connectivity index (χ2v) is 5.40. The van der Waals surface area contributed by atoms with Crippen molar-refractivity contribution in [3.05, 3.63) is 65.7 Å². The van der Waals surface area contributed by atoms with Gasteiger partial charge in [0.2, 0.25) is 0 Å². The molecule has 6 nitrogen and oxygen atoms in total. The van der Waals surface area contributed by atoms with Crippen LogP contribution >= 0.6 is 0 Å². The fourth-order valence-corrected chi connectivity index (χ4v) is 2.24. The summed E-state index contributed by atoms with van der Waals surface area (Å²) in [6, 6.07) is 15.8. The first-order valence-electron chi connectivity index (χ1n) is 7.88. The van der Waals surface area contributed by atoms with Gasteiger partial charge in [0.25, 0.3) is 0 Å². The number of carboxylic acids is 1. The smallest absolute Gasteiger partial charge is 0.411 e. The Labute approximate surface area is 145 Å². The molecule has 0 aliphatic carbocycles. The quantitative estimate of drug-likeness (QED) is 0.711. The summed E-state index contributed by atoms with van der Waals surface area (Å²) in [6.45, 7) is 0.126. The predicted octanol–water partition coefficient (Wildman–Crippen LogP) is 3.87. The third-order valence-electron chi connectivity index (χ3n) is 3.47. The Kier molecular flexibility index (Phi) is 6.71. The van der Waals surface area contributed by atoms with Gasteiger partial charge in [-0.15, -0.1) is 0 Å². The molecule has 0 radical (unpaired) electrons. The number of ketones is 1. The van der Waals surface area contributed by atoms with Crippen molar-refractivity contribution in [2.24, 2.45) is 0 Å². The fourth-order valence-electron chi connectivity index (χ4n) is 2.24. The van der Waals surface area contributed by atoms with Gasteiger partial charge in [0.05, 0.1) is 5.69 Å². The van der Waals surface area contributed by atoms with Crippen LogP contribution in [0.4, 0.5) is 10.5 Å². The number of nitrogens with one attached hydrogen (secondary N) is 1. The van der Waals surface area contributed by atoms with Gasteiger partial charge in [0.15, 0.2) is 5.78 Å².